The first kappa shape index (κ1) is 12.2. The van der Waals surface area contributed by atoms with E-state index in [2.05, 4.69) is 62.4 Å². The van der Waals surface area contributed by atoms with Crippen molar-refractivity contribution in [2.45, 2.75) is 25.6 Å². The molecule has 2 aromatic rings. The monoisotopic (exact) mass is 244 g/mol. The van der Waals surface area contributed by atoms with Crippen LogP contribution in [0.25, 0.3) is 0 Å². The van der Waals surface area contributed by atoms with Crippen LogP contribution in [0.5, 0.6) is 0 Å². The van der Waals surface area contributed by atoms with Crippen molar-refractivity contribution in [1.82, 2.24) is 0 Å². The average molecular weight is 245 g/mol. The van der Waals surface area contributed by atoms with Crippen molar-refractivity contribution >= 4 is 11.6 Å². The second-order valence-corrected chi connectivity index (χ2v) is 5.10. The van der Waals surface area contributed by atoms with Crippen molar-refractivity contribution in [1.29, 1.82) is 0 Å². The standard InChI is InChI=1S/C16H17Cl/c1-12-5-3-7-14(9-12)11-16(17)15-8-4-6-13(2)10-15/h3-10,16H,11H2,1-2H3. The summed E-state index contributed by atoms with van der Waals surface area (Å²) in [5.41, 5.74) is 5.05. The van der Waals surface area contributed by atoms with Gasteiger partial charge >= 0.3 is 0 Å². The molecule has 1 unspecified atom stereocenters. The Morgan fingerprint density at radius 1 is 0.941 bits per heavy atom. The zero-order valence-electron chi connectivity index (χ0n) is 10.3. The number of alkyl halides is 1. The fourth-order valence-corrected chi connectivity index (χ4v) is 2.34. The average Bonchev–Trinajstić information content (AvgIpc) is 2.29. The van der Waals surface area contributed by atoms with Crippen LogP contribution in [0.1, 0.15) is 27.6 Å². The molecular formula is C16H17Cl. The smallest absolute Gasteiger partial charge is 0.0625 e. The molecule has 0 saturated carbocycles. The van der Waals surface area contributed by atoms with E-state index in [4.69, 9.17) is 11.6 Å². The molecule has 2 aromatic carbocycles. The number of halogens is 1. The molecule has 0 saturated heterocycles. The van der Waals surface area contributed by atoms with E-state index in [9.17, 15) is 0 Å². The van der Waals surface area contributed by atoms with E-state index < -0.39 is 0 Å². The predicted octanol–water partition coefficient (Wildman–Crippen LogP) is 4.83. The summed E-state index contributed by atoms with van der Waals surface area (Å²) >= 11 is 6.47. The molecule has 0 heterocycles. The third-order valence-electron chi connectivity index (χ3n) is 2.90. The number of rotatable bonds is 3. The Balaban J connectivity index is 2.14. The van der Waals surface area contributed by atoms with Gasteiger partial charge in [0, 0.05) is 0 Å². The molecular weight excluding hydrogens is 228 g/mol. The molecule has 0 amide bonds. The van der Waals surface area contributed by atoms with E-state index in [1.807, 2.05) is 0 Å². The Bertz CT molecular complexity index is 502. The Morgan fingerprint density at radius 2 is 1.59 bits per heavy atom. The molecule has 0 aliphatic carbocycles. The Morgan fingerprint density at radius 3 is 2.24 bits per heavy atom. The van der Waals surface area contributed by atoms with Gasteiger partial charge in [0.2, 0.25) is 0 Å². The first-order chi connectivity index (χ1) is 8.15. The SMILES string of the molecule is Cc1cccc(CC(Cl)c2cccc(C)c2)c1. The van der Waals surface area contributed by atoms with Gasteiger partial charge in [0.05, 0.1) is 5.38 Å². The number of hydrogen-bond acceptors (Lipinski definition) is 0. The van der Waals surface area contributed by atoms with Crippen LogP contribution in [0.3, 0.4) is 0 Å². The molecule has 17 heavy (non-hydrogen) atoms. The first-order valence-electron chi connectivity index (χ1n) is 5.91. The summed E-state index contributed by atoms with van der Waals surface area (Å²) in [6, 6.07) is 17.0. The lowest BCUT2D eigenvalue weighted by molar-refractivity contribution is 0.916. The van der Waals surface area contributed by atoms with Crippen LogP contribution in [0.4, 0.5) is 0 Å². The topological polar surface area (TPSA) is 0 Å². The van der Waals surface area contributed by atoms with Crippen molar-refractivity contribution in [3.05, 3.63) is 70.8 Å². The molecule has 0 aliphatic rings. The molecule has 0 bridgehead atoms. The molecule has 0 radical (unpaired) electrons. The number of hydrogen-bond donors (Lipinski definition) is 0. The molecule has 0 nitrogen and oxygen atoms in total. The molecule has 0 fully saturated rings. The third kappa shape index (κ3) is 3.34. The number of benzene rings is 2. The lowest BCUT2D eigenvalue weighted by atomic mass is 10.0. The van der Waals surface area contributed by atoms with Crippen LogP contribution in [-0.2, 0) is 6.42 Å². The maximum atomic E-state index is 6.47. The minimum Gasteiger partial charge on any atom is -0.117 e. The minimum atomic E-state index is 0.0525. The van der Waals surface area contributed by atoms with Crippen LogP contribution in [0.2, 0.25) is 0 Å². The molecule has 0 N–H and O–H groups in total. The van der Waals surface area contributed by atoms with Gasteiger partial charge in [-0.25, -0.2) is 0 Å². The van der Waals surface area contributed by atoms with E-state index in [0.29, 0.717) is 0 Å². The Labute approximate surface area is 108 Å². The van der Waals surface area contributed by atoms with Crippen molar-refractivity contribution in [2.75, 3.05) is 0 Å². The van der Waals surface area contributed by atoms with Gasteiger partial charge in [0.1, 0.15) is 0 Å². The molecule has 1 heteroatoms. The Hall–Kier alpha value is -1.27. The number of aryl methyl sites for hydroxylation is 2. The summed E-state index contributed by atoms with van der Waals surface area (Å²) in [5.74, 6) is 0. The summed E-state index contributed by atoms with van der Waals surface area (Å²) in [7, 11) is 0. The molecule has 1 atom stereocenters. The maximum Gasteiger partial charge on any atom is 0.0625 e. The van der Waals surface area contributed by atoms with Crippen LogP contribution in [0.15, 0.2) is 48.5 Å². The highest BCUT2D eigenvalue weighted by atomic mass is 35.5. The minimum absolute atomic E-state index is 0.0525. The van der Waals surface area contributed by atoms with Gasteiger partial charge in [0.25, 0.3) is 0 Å². The summed E-state index contributed by atoms with van der Waals surface area (Å²) in [4.78, 5) is 0. The van der Waals surface area contributed by atoms with E-state index in [1.54, 1.807) is 0 Å². The van der Waals surface area contributed by atoms with Gasteiger partial charge in [-0.1, -0.05) is 59.7 Å². The Kier molecular flexibility index (Phi) is 3.86. The lowest BCUT2D eigenvalue weighted by Gasteiger charge is -2.11. The molecule has 0 aliphatic heterocycles. The van der Waals surface area contributed by atoms with Gasteiger partial charge < -0.3 is 0 Å². The van der Waals surface area contributed by atoms with Crippen molar-refractivity contribution < 1.29 is 0 Å². The van der Waals surface area contributed by atoms with Crippen LogP contribution in [-0.4, -0.2) is 0 Å². The highest BCUT2D eigenvalue weighted by Gasteiger charge is 2.08. The van der Waals surface area contributed by atoms with E-state index >= 15 is 0 Å². The zero-order valence-corrected chi connectivity index (χ0v) is 11.0. The summed E-state index contributed by atoms with van der Waals surface area (Å²) < 4.78 is 0. The van der Waals surface area contributed by atoms with Gasteiger partial charge in [-0.2, -0.15) is 0 Å². The summed E-state index contributed by atoms with van der Waals surface area (Å²) in [5, 5.41) is 0.0525. The van der Waals surface area contributed by atoms with Gasteiger partial charge in [0.15, 0.2) is 0 Å². The summed E-state index contributed by atoms with van der Waals surface area (Å²) in [6.45, 7) is 4.21. The van der Waals surface area contributed by atoms with Crippen molar-refractivity contribution in [2.24, 2.45) is 0 Å². The largest absolute Gasteiger partial charge is 0.117 e. The predicted molar refractivity (Wildman–Crippen MR) is 74.7 cm³/mol. The first-order valence-corrected chi connectivity index (χ1v) is 6.35. The van der Waals surface area contributed by atoms with E-state index in [0.717, 1.165) is 6.42 Å². The molecule has 2 rings (SSSR count). The highest BCUT2D eigenvalue weighted by molar-refractivity contribution is 6.20. The highest BCUT2D eigenvalue weighted by Crippen LogP contribution is 2.25. The molecule has 0 aromatic heterocycles. The second kappa shape index (κ2) is 5.37. The van der Waals surface area contributed by atoms with E-state index in [1.165, 1.54) is 22.3 Å². The molecule has 0 spiro atoms. The fourth-order valence-electron chi connectivity index (χ4n) is 2.03. The maximum absolute atomic E-state index is 6.47. The second-order valence-electron chi connectivity index (χ2n) is 4.57. The molecule has 88 valence electrons. The normalized spacial score (nSPS) is 12.4. The zero-order chi connectivity index (χ0) is 12.3. The van der Waals surface area contributed by atoms with Gasteiger partial charge in [-0.05, 0) is 31.4 Å². The van der Waals surface area contributed by atoms with Crippen molar-refractivity contribution in [3.63, 3.8) is 0 Å². The van der Waals surface area contributed by atoms with Crippen LogP contribution >= 0.6 is 11.6 Å². The lowest BCUT2D eigenvalue weighted by Crippen LogP contribution is -1.96. The quantitative estimate of drug-likeness (QED) is 0.679. The van der Waals surface area contributed by atoms with Crippen LogP contribution in [0, 0.1) is 13.8 Å². The third-order valence-corrected chi connectivity index (χ3v) is 3.31. The van der Waals surface area contributed by atoms with E-state index in [-0.39, 0.29) is 5.38 Å². The van der Waals surface area contributed by atoms with Gasteiger partial charge in [-0.15, -0.1) is 11.6 Å². The van der Waals surface area contributed by atoms with Crippen LogP contribution < -0.4 is 0 Å². The van der Waals surface area contributed by atoms with Crippen molar-refractivity contribution in [3.8, 4) is 0 Å². The fraction of sp³-hybridized carbons (Fsp3) is 0.250. The summed E-state index contributed by atoms with van der Waals surface area (Å²) in [6.07, 6.45) is 0.882. The van der Waals surface area contributed by atoms with Gasteiger partial charge in [-0.3, -0.25) is 0 Å².